The largest absolute Gasteiger partial charge is 0.497 e. The second kappa shape index (κ2) is 9.09. The molecule has 0 spiro atoms. The Morgan fingerprint density at radius 3 is 2.31 bits per heavy atom. The predicted molar refractivity (Wildman–Crippen MR) is 111 cm³/mol. The minimum Gasteiger partial charge on any atom is -0.497 e. The molecule has 152 valence electrons. The highest BCUT2D eigenvalue weighted by Crippen LogP contribution is 2.23. The van der Waals surface area contributed by atoms with Crippen LogP contribution in [0.3, 0.4) is 0 Å². The highest BCUT2D eigenvalue weighted by Gasteiger charge is 2.34. The van der Waals surface area contributed by atoms with Crippen molar-refractivity contribution in [2.45, 2.75) is 25.8 Å². The summed E-state index contributed by atoms with van der Waals surface area (Å²) in [7, 11) is 1.56. The number of likely N-dealkylation sites (tertiary alicyclic amines) is 1. The fourth-order valence-corrected chi connectivity index (χ4v) is 3.24. The molecular formula is C21H24N4O4. The molecular weight excluding hydrogens is 372 g/mol. The lowest BCUT2D eigenvalue weighted by atomic mass is 10.2. The molecule has 1 aliphatic rings. The van der Waals surface area contributed by atoms with Crippen molar-refractivity contribution in [3.05, 3.63) is 48.5 Å². The lowest BCUT2D eigenvalue weighted by Gasteiger charge is -2.24. The molecule has 0 aromatic heterocycles. The summed E-state index contributed by atoms with van der Waals surface area (Å²) in [4.78, 5) is 38.0. The van der Waals surface area contributed by atoms with Gasteiger partial charge in [-0.2, -0.15) is 0 Å². The number of nitrogens with zero attached hydrogens (tertiary/aromatic N) is 1. The van der Waals surface area contributed by atoms with E-state index in [0.29, 0.717) is 35.8 Å². The first-order valence-electron chi connectivity index (χ1n) is 9.36. The van der Waals surface area contributed by atoms with Gasteiger partial charge in [-0.15, -0.1) is 0 Å². The smallest absolute Gasteiger partial charge is 0.322 e. The molecule has 1 atom stereocenters. The van der Waals surface area contributed by atoms with Gasteiger partial charge < -0.3 is 25.6 Å². The van der Waals surface area contributed by atoms with Crippen molar-refractivity contribution in [2.75, 3.05) is 29.6 Å². The Labute approximate surface area is 169 Å². The molecule has 8 nitrogen and oxygen atoms in total. The van der Waals surface area contributed by atoms with Gasteiger partial charge in [0.25, 0.3) is 0 Å². The number of rotatable bonds is 5. The monoisotopic (exact) mass is 396 g/mol. The fraction of sp³-hybridized carbons (Fsp3) is 0.286. The van der Waals surface area contributed by atoms with Crippen LogP contribution in [0.15, 0.2) is 48.5 Å². The number of benzene rings is 2. The van der Waals surface area contributed by atoms with Gasteiger partial charge >= 0.3 is 6.03 Å². The number of urea groups is 1. The van der Waals surface area contributed by atoms with E-state index in [0.717, 1.165) is 6.42 Å². The number of ether oxygens (including phenoxy) is 1. The number of anilines is 3. The summed E-state index contributed by atoms with van der Waals surface area (Å²) in [6, 6.07) is 13.0. The Morgan fingerprint density at radius 1 is 0.966 bits per heavy atom. The summed E-state index contributed by atoms with van der Waals surface area (Å²) < 4.78 is 5.17. The fourth-order valence-electron chi connectivity index (χ4n) is 3.24. The summed E-state index contributed by atoms with van der Waals surface area (Å²) in [6.07, 6.45) is 1.35. The third-order valence-corrected chi connectivity index (χ3v) is 4.61. The maximum absolute atomic E-state index is 12.7. The Bertz CT molecular complexity index is 898. The highest BCUT2D eigenvalue weighted by molar-refractivity contribution is 6.00. The molecule has 0 unspecified atom stereocenters. The molecule has 8 heteroatoms. The molecule has 0 saturated carbocycles. The van der Waals surface area contributed by atoms with Crippen LogP contribution in [0, 0.1) is 0 Å². The quantitative estimate of drug-likeness (QED) is 0.722. The summed E-state index contributed by atoms with van der Waals surface area (Å²) >= 11 is 0. The second-order valence-corrected chi connectivity index (χ2v) is 6.76. The lowest BCUT2D eigenvalue weighted by molar-refractivity contribution is -0.119. The Kier molecular flexibility index (Phi) is 6.33. The van der Waals surface area contributed by atoms with Gasteiger partial charge in [0.2, 0.25) is 11.8 Å². The summed E-state index contributed by atoms with van der Waals surface area (Å²) in [5.41, 5.74) is 1.86. The van der Waals surface area contributed by atoms with Crippen LogP contribution in [0.2, 0.25) is 0 Å². The average Bonchev–Trinajstić information content (AvgIpc) is 3.19. The molecule has 4 amide bonds. The van der Waals surface area contributed by atoms with E-state index >= 15 is 0 Å². The second-order valence-electron chi connectivity index (χ2n) is 6.76. The SMILES string of the molecule is COc1cccc(NC(=O)N2CCC[C@H]2C(=O)Nc2ccc(NC(C)=O)cc2)c1. The summed E-state index contributed by atoms with van der Waals surface area (Å²) in [5, 5.41) is 8.33. The van der Waals surface area contributed by atoms with Gasteiger partial charge in [-0.25, -0.2) is 4.79 Å². The van der Waals surface area contributed by atoms with E-state index in [-0.39, 0.29) is 17.8 Å². The van der Waals surface area contributed by atoms with Crippen LogP contribution in [0.1, 0.15) is 19.8 Å². The van der Waals surface area contributed by atoms with Crippen molar-refractivity contribution in [3.63, 3.8) is 0 Å². The van der Waals surface area contributed by atoms with E-state index < -0.39 is 6.04 Å². The number of methoxy groups -OCH3 is 1. The van der Waals surface area contributed by atoms with E-state index in [2.05, 4.69) is 16.0 Å². The van der Waals surface area contributed by atoms with Crippen LogP contribution in [-0.4, -0.2) is 42.4 Å². The zero-order valence-corrected chi connectivity index (χ0v) is 16.4. The molecule has 2 aromatic rings. The number of amides is 4. The van der Waals surface area contributed by atoms with Crippen LogP contribution >= 0.6 is 0 Å². The van der Waals surface area contributed by atoms with Crippen LogP contribution in [0.5, 0.6) is 5.75 Å². The van der Waals surface area contributed by atoms with Gasteiger partial charge in [-0.05, 0) is 49.2 Å². The van der Waals surface area contributed by atoms with Gasteiger partial charge in [-0.3, -0.25) is 9.59 Å². The average molecular weight is 396 g/mol. The first-order valence-corrected chi connectivity index (χ1v) is 9.36. The number of nitrogens with one attached hydrogen (secondary N) is 3. The Morgan fingerprint density at radius 2 is 1.66 bits per heavy atom. The van der Waals surface area contributed by atoms with Crippen molar-refractivity contribution >= 4 is 34.9 Å². The predicted octanol–water partition coefficient (Wildman–Crippen LogP) is 3.29. The lowest BCUT2D eigenvalue weighted by Crippen LogP contribution is -2.45. The molecule has 1 aliphatic heterocycles. The number of hydrogen-bond donors (Lipinski definition) is 3. The van der Waals surface area contributed by atoms with Gasteiger partial charge in [0.15, 0.2) is 0 Å². The highest BCUT2D eigenvalue weighted by atomic mass is 16.5. The van der Waals surface area contributed by atoms with Gasteiger partial charge in [0.1, 0.15) is 11.8 Å². The number of hydrogen-bond acceptors (Lipinski definition) is 4. The molecule has 1 saturated heterocycles. The molecule has 2 aromatic carbocycles. The standard InChI is InChI=1S/C21H24N4O4/c1-14(26)22-15-8-10-16(11-9-15)23-20(27)19-7-4-12-25(19)21(28)24-17-5-3-6-18(13-17)29-2/h3,5-6,8-11,13,19H,4,7,12H2,1-2H3,(H,22,26)(H,23,27)(H,24,28)/t19-/m0/s1. The normalized spacial score (nSPS) is 15.5. The van der Waals surface area contributed by atoms with Crippen molar-refractivity contribution < 1.29 is 19.1 Å². The van der Waals surface area contributed by atoms with Crippen LogP contribution < -0.4 is 20.7 Å². The minimum atomic E-state index is -0.546. The van der Waals surface area contributed by atoms with E-state index in [1.807, 2.05) is 0 Å². The molecule has 0 radical (unpaired) electrons. The first kappa shape index (κ1) is 20.2. The number of carbonyl (C=O) groups is 3. The maximum atomic E-state index is 12.7. The third-order valence-electron chi connectivity index (χ3n) is 4.61. The minimum absolute atomic E-state index is 0.162. The van der Waals surface area contributed by atoms with Crippen molar-refractivity contribution in [1.29, 1.82) is 0 Å². The molecule has 1 heterocycles. The summed E-state index contributed by atoms with van der Waals surface area (Å²) in [6.45, 7) is 1.94. The number of carbonyl (C=O) groups excluding carboxylic acids is 3. The van der Waals surface area contributed by atoms with E-state index in [4.69, 9.17) is 4.74 Å². The molecule has 0 aliphatic carbocycles. The maximum Gasteiger partial charge on any atom is 0.322 e. The summed E-state index contributed by atoms with van der Waals surface area (Å²) in [5.74, 6) is 0.238. The molecule has 3 N–H and O–H groups in total. The molecule has 0 bridgehead atoms. The van der Waals surface area contributed by atoms with E-state index in [1.54, 1.807) is 60.5 Å². The molecule has 29 heavy (non-hydrogen) atoms. The van der Waals surface area contributed by atoms with E-state index in [1.165, 1.54) is 6.92 Å². The van der Waals surface area contributed by atoms with Crippen LogP contribution in [-0.2, 0) is 9.59 Å². The van der Waals surface area contributed by atoms with Crippen molar-refractivity contribution in [2.24, 2.45) is 0 Å². The van der Waals surface area contributed by atoms with Crippen LogP contribution in [0.4, 0.5) is 21.9 Å². The molecule has 1 fully saturated rings. The van der Waals surface area contributed by atoms with Gasteiger partial charge in [0.05, 0.1) is 7.11 Å². The van der Waals surface area contributed by atoms with Gasteiger partial charge in [-0.1, -0.05) is 6.07 Å². The zero-order valence-electron chi connectivity index (χ0n) is 16.4. The topological polar surface area (TPSA) is 99.8 Å². The Balaban J connectivity index is 1.62. The van der Waals surface area contributed by atoms with E-state index in [9.17, 15) is 14.4 Å². The first-order chi connectivity index (χ1) is 14.0. The van der Waals surface area contributed by atoms with Crippen molar-refractivity contribution in [3.8, 4) is 5.75 Å². The zero-order chi connectivity index (χ0) is 20.8. The third kappa shape index (κ3) is 5.25. The Hall–Kier alpha value is -3.55. The molecule has 3 rings (SSSR count). The van der Waals surface area contributed by atoms with Crippen LogP contribution in [0.25, 0.3) is 0 Å². The van der Waals surface area contributed by atoms with Gasteiger partial charge in [0, 0.05) is 36.6 Å². The van der Waals surface area contributed by atoms with Crippen molar-refractivity contribution in [1.82, 2.24) is 4.90 Å².